The molecule has 0 heterocycles. The minimum Gasteiger partial charge on any atom is -0.493 e. The molecule has 0 spiro atoms. The zero-order chi connectivity index (χ0) is 26.6. The van der Waals surface area contributed by atoms with E-state index < -0.39 is 5.60 Å². The summed E-state index contributed by atoms with van der Waals surface area (Å²) in [5, 5.41) is 10.8. The molecule has 0 fully saturated rings. The number of hydrogen-bond acceptors (Lipinski definition) is 3. The Bertz CT molecular complexity index is 987. The highest BCUT2D eigenvalue weighted by atomic mass is 16.5. The van der Waals surface area contributed by atoms with Gasteiger partial charge in [-0.15, -0.1) is 0 Å². The molecule has 3 nitrogen and oxygen atoms in total. The van der Waals surface area contributed by atoms with E-state index in [2.05, 4.69) is 89.0 Å². The molecular formula is C33H49NO2. The Balaban J connectivity index is 2.30. The van der Waals surface area contributed by atoms with Crippen molar-refractivity contribution < 1.29 is 9.84 Å². The van der Waals surface area contributed by atoms with Crippen molar-refractivity contribution in [2.24, 2.45) is 11.7 Å². The molecule has 0 saturated heterocycles. The fourth-order valence-electron chi connectivity index (χ4n) is 5.18. The van der Waals surface area contributed by atoms with Crippen LogP contribution in [-0.2, 0) is 5.41 Å². The Labute approximate surface area is 220 Å². The highest BCUT2D eigenvalue weighted by Gasteiger charge is 2.32. The SMILES string of the molecule is CCCC(O)(C#CC1=CC(C)C=C(C(CC)(CC)c2ccc(OCCCCCN)c(C)c2)C=C1)CC. The van der Waals surface area contributed by atoms with Gasteiger partial charge in [-0.05, 0) is 93.2 Å². The normalized spacial score (nSPS) is 17.4. The molecule has 2 atom stereocenters. The number of aryl methyl sites for hydroxylation is 1. The van der Waals surface area contributed by atoms with Crippen LogP contribution in [0.25, 0.3) is 0 Å². The number of aliphatic hydroxyl groups is 1. The standard InChI is InChI=1S/C33H49NO2/c1-7-19-32(35,8-2)20-18-28-14-15-29(24-26(5)23-28)33(9-3,10-4)30-16-17-31(27(6)25-30)36-22-13-11-12-21-34/h14-17,23-26,35H,7-13,19,21-22,34H2,1-6H3. The third kappa shape index (κ3) is 7.86. The van der Waals surface area contributed by atoms with Gasteiger partial charge in [-0.3, -0.25) is 0 Å². The molecule has 0 radical (unpaired) electrons. The third-order valence-corrected chi connectivity index (χ3v) is 7.61. The number of nitrogens with two attached hydrogens (primary N) is 1. The second-order valence-corrected chi connectivity index (χ2v) is 10.3. The van der Waals surface area contributed by atoms with Crippen LogP contribution < -0.4 is 10.5 Å². The maximum Gasteiger partial charge on any atom is 0.125 e. The Morgan fingerprint density at radius 1 is 1.00 bits per heavy atom. The fourth-order valence-corrected chi connectivity index (χ4v) is 5.18. The summed E-state index contributed by atoms with van der Waals surface area (Å²) in [6.45, 7) is 14.5. The van der Waals surface area contributed by atoms with Crippen molar-refractivity contribution in [2.45, 2.75) is 104 Å². The Kier molecular flexibility index (Phi) is 12.0. The van der Waals surface area contributed by atoms with E-state index in [0.717, 1.165) is 63.0 Å². The van der Waals surface area contributed by atoms with E-state index in [4.69, 9.17) is 10.5 Å². The molecule has 2 rings (SSSR count). The molecule has 0 aliphatic heterocycles. The van der Waals surface area contributed by atoms with E-state index in [0.29, 0.717) is 12.8 Å². The van der Waals surface area contributed by atoms with Gasteiger partial charge in [0.2, 0.25) is 0 Å². The molecule has 0 saturated carbocycles. The lowest BCUT2D eigenvalue weighted by molar-refractivity contribution is 0.0868. The second-order valence-electron chi connectivity index (χ2n) is 10.3. The lowest BCUT2D eigenvalue weighted by Gasteiger charge is -2.35. The Morgan fingerprint density at radius 3 is 2.36 bits per heavy atom. The Hall–Kier alpha value is -2.28. The van der Waals surface area contributed by atoms with Gasteiger partial charge in [0.25, 0.3) is 0 Å². The van der Waals surface area contributed by atoms with Gasteiger partial charge in [0.1, 0.15) is 11.4 Å². The molecule has 2 unspecified atom stereocenters. The number of ether oxygens (including phenoxy) is 1. The lowest BCUT2D eigenvalue weighted by Crippen LogP contribution is -2.27. The molecule has 198 valence electrons. The van der Waals surface area contributed by atoms with Crippen LogP contribution in [-0.4, -0.2) is 23.9 Å². The van der Waals surface area contributed by atoms with Crippen LogP contribution >= 0.6 is 0 Å². The molecule has 36 heavy (non-hydrogen) atoms. The summed E-state index contributed by atoms with van der Waals surface area (Å²) in [5.41, 5.74) is 9.45. The maximum atomic E-state index is 10.8. The maximum absolute atomic E-state index is 10.8. The summed E-state index contributed by atoms with van der Waals surface area (Å²) in [4.78, 5) is 0. The molecule has 3 N–H and O–H groups in total. The largest absolute Gasteiger partial charge is 0.493 e. The summed E-state index contributed by atoms with van der Waals surface area (Å²) in [7, 11) is 0. The molecule has 0 bridgehead atoms. The van der Waals surface area contributed by atoms with E-state index in [1.807, 2.05) is 6.92 Å². The van der Waals surface area contributed by atoms with Gasteiger partial charge in [0.05, 0.1) is 6.61 Å². The van der Waals surface area contributed by atoms with E-state index in [-0.39, 0.29) is 11.3 Å². The third-order valence-electron chi connectivity index (χ3n) is 7.61. The van der Waals surface area contributed by atoms with Crippen LogP contribution in [0.5, 0.6) is 5.75 Å². The van der Waals surface area contributed by atoms with Crippen LogP contribution in [0.15, 0.2) is 53.6 Å². The van der Waals surface area contributed by atoms with Crippen molar-refractivity contribution in [1.29, 1.82) is 0 Å². The first kappa shape index (κ1) is 29.9. The smallest absolute Gasteiger partial charge is 0.125 e. The fraction of sp³-hybridized carbons (Fsp3) is 0.576. The van der Waals surface area contributed by atoms with Crippen LogP contribution in [0.2, 0.25) is 0 Å². The number of allylic oxidation sites excluding steroid dienone is 6. The van der Waals surface area contributed by atoms with Gasteiger partial charge in [-0.25, -0.2) is 0 Å². The van der Waals surface area contributed by atoms with E-state index in [9.17, 15) is 5.11 Å². The average Bonchev–Trinajstić information content (AvgIpc) is 3.06. The summed E-state index contributed by atoms with van der Waals surface area (Å²) >= 11 is 0. The van der Waals surface area contributed by atoms with Gasteiger partial charge in [-0.1, -0.05) is 83.2 Å². The number of benzene rings is 1. The molecule has 0 amide bonds. The van der Waals surface area contributed by atoms with Crippen molar-refractivity contribution in [3.05, 3.63) is 64.8 Å². The second kappa shape index (κ2) is 14.5. The van der Waals surface area contributed by atoms with Gasteiger partial charge in [0.15, 0.2) is 0 Å². The predicted molar refractivity (Wildman–Crippen MR) is 154 cm³/mol. The molecule has 1 aliphatic carbocycles. The number of hydrogen-bond donors (Lipinski definition) is 2. The van der Waals surface area contributed by atoms with Crippen molar-refractivity contribution in [1.82, 2.24) is 0 Å². The zero-order valence-corrected chi connectivity index (χ0v) is 23.6. The average molecular weight is 492 g/mol. The minimum atomic E-state index is -0.905. The molecule has 1 aromatic carbocycles. The zero-order valence-electron chi connectivity index (χ0n) is 23.6. The van der Waals surface area contributed by atoms with Crippen molar-refractivity contribution in [2.75, 3.05) is 13.2 Å². The van der Waals surface area contributed by atoms with Gasteiger partial charge in [-0.2, -0.15) is 0 Å². The van der Waals surface area contributed by atoms with Gasteiger partial charge < -0.3 is 15.6 Å². The molecule has 0 aromatic heterocycles. The molecule has 1 aliphatic rings. The molecule has 1 aromatic rings. The van der Waals surface area contributed by atoms with E-state index in [1.54, 1.807) is 0 Å². The summed E-state index contributed by atoms with van der Waals surface area (Å²) in [6, 6.07) is 6.71. The van der Waals surface area contributed by atoms with Crippen LogP contribution in [0.3, 0.4) is 0 Å². The minimum absolute atomic E-state index is 0.0712. The van der Waals surface area contributed by atoms with Crippen LogP contribution in [0.4, 0.5) is 0 Å². The van der Waals surface area contributed by atoms with Crippen molar-refractivity contribution in [3.8, 4) is 17.6 Å². The van der Waals surface area contributed by atoms with Gasteiger partial charge >= 0.3 is 0 Å². The number of unbranched alkanes of at least 4 members (excludes halogenated alkanes) is 2. The highest BCUT2D eigenvalue weighted by Crippen LogP contribution is 2.42. The quantitative estimate of drug-likeness (QED) is 0.221. The summed E-state index contributed by atoms with van der Waals surface area (Å²) in [6.07, 6.45) is 16.5. The summed E-state index contributed by atoms with van der Waals surface area (Å²) in [5.74, 6) is 7.68. The molecular weight excluding hydrogens is 442 g/mol. The lowest BCUT2D eigenvalue weighted by atomic mass is 9.69. The van der Waals surface area contributed by atoms with Crippen LogP contribution in [0.1, 0.15) is 97.1 Å². The molecule has 3 heteroatoms. The van der Waals surface area contributed by atoms with Gasteiger partial charge in [0, 0.05) is 11.0 Å². The predicted octanol–water partition coefficient (Wildman–Crippen LogP) is 7.56. The Morgan fingerprint density at radius 2 is 1.75 bits per heavy atom. The first-order chi connectivity index (χ1) is 17.3. The first-order valence-corrected chi connectivity index (χ1v) is 14.1. The topological polar surface area (TPSA) is 55.5 Å². The monoisotopic (exact) mass is 491 g/mol. The van der Waals surface area contributed by atoms with E-state index >= 15 is 0 Å². The summed E-state index contributed by atoms with van der Waals surface area (Å²) < 4.78 is 6.08. The highest BCUT2D eigenvalue weighted by molar-refractivity contribution is 5.51. The number of rotatable bonds is 13. The van der Waals surface area contributed by atoms with Crippen LogP contribution in [0, 0.1) is 24.7 Å². The van der Waals surface area contributed by atoms with Crippen molar-refractivity contribution >= 4 is 0 Å². The van der Waals surface area contributed by atoms with E-state index in [1.165, 1.54) is 16.7 Å². The van der Waals surface area contributed by atoms with Crippen molar-refractivity contribution in [3.63, 3.8) is 0 Å². The first-order valence-electron chi connectivity index (χ1n) is 14.1.